The first-order chi connectivity index (χ1) is 12.4. The van der Waals surface area contributed by atoms with Crippen LogP contribution < -0.4 is 14.8 Å². The Morgan fingerprint density at radius 3 is 2.65 bits per heavy atom. The largest absolute Gasteiger partial charge is 0.493 e. The maximum absolute atomic E-state index is 12.5. The van der Waals surface area contributed by atoms with Gasteiger partial charge in [0.05, 0.1) is 13.7 Å². The second-order valence-corrected chi connectivity index (χ2v) is 6.52. The molecule has 0 bridgehead atoms. The molecule has 1 heterocycles. The quantitative estimate of drug-likeness (QED) is 0.344. The van der Waals surface area contributed by atoms with Crippen LogP contribution in [0.1, 0.15) is 19.4 Å². The molecule has 0 spiro atoms. The van der Waals surface area contributed by atoms with E-state index in [1.807, 2.05) is 0 Å². The second-order valence-electron chi connectivity index (χ2n) is 6.14. The molecule has 138 valence electrons. The van der Waals surface area contributed by atoms with Crippen LogP contribution in [0, 0.1) is 5.92 Å². The van der Waals surface area contributed by atoms with Crippen LogP contribution >= 0.6 is 12.2 Å². The van der Waals surface area contributed by atoms with Gasteiger partial charge < -0.3 is 9.47 Å². The summed E-state index contributed by atoms with van der Waals surface area (Å²) in [6.07, 6.45) is 3.05. The monoisotopic (exact) mass is 374 g/mol. The summed E-state index contributed by atoms with van der Waals surface area (Å²) in [5, 5.41) is 2.59. The number of rotatable bonds is 7. The summed E-state index contributed by atoms with van der Waals surface area (Å²) in [6.45, 7) is 8.49. The Labute approximate surface area is 158 Å². The van der Waals surface area contributed by atoms with E-state index < -0.39 is 11.8 Å². The van der Waals surface area contributed by atoms with E-state index in [-0.39, 0.29) is 17.2 Å². The van der Waals surface area contributed by atoms with Gasteiger partial charge in [0.25, 0.3) is 11.8 Å². The maximum atomic E-state index is 12.5. The molecule has 1 fully saturated rings. The molecule has 2 rings (SSSR count). The molecule has 1 aliphatic heterocycles. The van der Waals surface area contributed by atoms with Gasteiger partial charge in [0.1, 0.15) is 5.57 Å². The highest BCUT2D eigenvalue weighted by atomic mass is 32.1. The van der Waals surface area contributed by atoms with Crippen molar-refractivity contribution < 1.29 is 19.1 Å². The molecule has 0 unspecified atom stereocenters. The van der Waals surface area contributed by atoms with Gasteiger partial charge >= 0.3 is 0 Å². The minimum absolute atomic E-state index is 0.00153. The number of hydrogen-bond acceptors (Lipinski definition) is 5. The molecule has 0 radical (unpaired) electrons. The van der Waals surface area contributed by atoms with Crippen molar-refractivity contribution in [2.24, 2.45) is 5.92 Å². The van der Waals surface area contributed by atoms with Gasteiger partial charge in [-0.05, 0) is 41.9 Å². The number of carbonyl (C=O) groups excluding carboxylic acids is 2. The minimum atomic E-state index is -0.528. The van der Waals surface area contributed by atoms with Crippen molar-refractivity contribution in [3.8, 4) is 11.5 Å². The standard InChI is InChI=1S/C19H22N2O4S/c1-5-8-21-18(23)14(17(22)20-19(21)26)9-13-6-7-15(16(10-13)24-4)25-11-12(2)3/h5-7,9-10,12H,1,8,11H2,2-4H3,(H,20,22,26). The molecule has 1 aromatic carbocycles. The molecule has 1 aromatic rings. The third kappa shape index (κ3) is 4.49. The predicted octanol–water partition coefficient (Wildman–Crippen LogP) is 2.54. The third-order valence-electron chi connectivity index (χ3n) is 3.57. The van der Waals surface area contributed by atoms with Crippen LogP contribution in [-0.4, -0.2) is 42.1 Å². The fraction of sp³-hybridized carbons (Fsp3) is 0.316. The molecule has 1 N–H and O–H groups in total. The van der Waals surface area contributed by atoms with Crippen LogP contribution in [0.2, 0.25) is 0 Å². The van der Waals surface area contributed by atoms with E-state index in [1.165, 1.54) is 18.1 Å². The van der Waals surface area contributed by atoms with Gasteiger partial charge in [-0.3, -0.25) is 19.8 Å². The van der Waals surface area contributed by atoms with E-state index in [1.54, 1.807) is 24.3 Å². The maximum Gasteiger partial charge on any atom is 0.265 e. The molecule has 1 saturated heterocycles. The Bertz CT molecular complexity index is 771. The summed E-state index contributed by atoms with van der Waals surface area (Å²) in [5.41, 5.74) is 0.641. The van der Waals surface area contributed by atoms with Gasteiger partial charge in [-0.2, -0.15) is 0 Å². The molecule has 7 heteroatoms. The van der Waals surface area contributed by atoms with E-state index in [4.69, 9.17) is 21.7 Å². The summed E-state index contributed by atoms with van der Waals surface area (Å²) in [5.74, 6) is 0.529. The fourth-order valence-corrected chi connectivity index (χ4v) is 2.56. The van der Waals surface area contributed by atoms with E-state index in [2.05, 4.69) is 25.7 Å². The first kappa shape index (κ1) is 19.7. The highest BCUT2D eigenvalue weighted by Crippen LogP contribution is 2.29. The Hall–Kier alpha value is -2.67. The van der Waals surface area contributed by atoms with E-state index in [9.17, 15) is 9.59 Å². The fourth-order valence-electron chi connectivity index (χ4n) is 2.31. The summed E-state index contributed by atoms with van der Waals surface area (Å²) in [4.78, 5) is 26.0. The summed E-state index contributed by atoms with van der Waals surface area (Å²) in [7, 11) is 1.54. The van der Waals surface area contributed by atoms with Crippen molar-refractivity contribution in [1.29, 1.82) is 0 Å². The zero-order chi connectivity index (χ0) is 19.3. The van der Waals surface area contributed by atoms with Crippen LogP contribution in [0.4, 0.5) is 0 Å². The average Bonchev–Trinajstić information content (AvgIpc) is 2.60. The lowest BCUT2D eigenvalue weighted by Gasteiger charge is -2.27. The SMILES string of the molecule is C=CCN1C(=O)C(=Cc2ccc(OCC(C)C)c(OC)c2)C(=O)NC1=S. The molecule has 2 amide bonds. The van der Waals surface area contributed by atoms with Gasteiger partial charge in [-0.1, -0.05) is 26.0 Å². The number of benzene rings is 1. The lowest BCUT2D eigenvalue weighted by atomic mass is 10.1. The first-order valence-electron chi connectivity index (χ1n) is 8.18. The molecule has 0 atom stereocenters. The van der Waals surface area contributed by atoms with E-state index >= 15 is 0 Å². The Kier molecular flexibility index (Phi) is 6.52. The third-order valence-corrected chi connectivity index (χ3v) is 3.89. The topological polar surface area (TPSA) is 67.9 Å². The number of nitrogens with one attached hydrogen (secondary N) is 1. The number of ether oxygens (including phenoxy) is 2. The zero-order valence-corrected chi connectivity index (χ0v) is 15.9. The number of amides is 2. The van der Waals surface area contributed by atoms with Crippen molar-refractivity contribution in [2.45, 2.75) is 13.8 Å². The highest BCUT2D eigenvalue weighted by molar-refractivity contribution is 7.80. The number of nitrogens with zero attached hydrogens (tertiary/aromatic N) is 1. The summed E-state index contributed by atoms with van der Waals surface area (Å²) < 4.78 is 11.1. The Morgan fingerprint density at radius 2 is 2.04 bits per heavy atom. The summed E-state index contributed by atoms with van der Waals surface area (Å²) >= 11 is 5.03. The van der Waals surface area contributed by atoms with Crippen molar-refractivity contribution >= 4 is 35.2 Å². The van der Waals surface area contributed by atoms with Crippen LogP contribution in [0.5, 0.6) is 11.5 Å². The molecule has 0 aromatic heterocycles. The van der Waals surface area contributed by atoms with Gasteiger partial charge in [0.15, 0.2) is 16.6 Å². The van der Waals surface area contributed by atoms with Gasteiger partial charge in [-0.25, -0.2) is 0 Å². The van der Waals surface area contributed by atoms with Gasteiger partial charge in [0, 0.05) is 6.54 Å². The van der Waals surface area contributed by atoms with Gasteiger partial charge in [-0.15, -0.1) is 6.58 Å². The highest BCUT2D eigenvalue weighted by Gasteiger charge is 2.32. The predicted molar refractivity (Wildman–Crippen MR) is 104 cm³/mol. The first-order valence-corrected chi connectivity index (χ1v) is 8.58. The molecule has 6 nitrogen and oxygen atoms in total. The van der Waals surface area contributed by atoms with Crippen LogP contribution in [0.15, 0.2) is 36.4 Å². The van der Waals surface area contributed by atoms with Crippen molar-refractivity contribution in [1.82, 2.24) is 10.2 Å². The lowest BCUT2D eigenvalue weighted by molar-refractivity contribution is -0.128. The van der Waals surface area contributed by atoms with Crippen molar-refractivity contribution in [3.63, 3.8) is 0 Å². The molecule has 0 aliphatic carbocycles. The zero-order valence-electron chi connectivity index (χ0n) is 15.1. The number of carbonyl (C=O) groups is 2. The van der Waals surface area contributed by atoms with Crippen molar-refractivity contribution in [3.05, 3.63) is 42.0 Å². The Balaban J connectivity index is 2.32. The van der Waals surface area contributed by atoms with Crippen molar-refractivity contribution in [2.75, 3.05) is 20.3 Å². The van der Waals surface area contributed by atoms with Crippen LogP contribution in [0.3, 0.4) is 0 Å². The van der Waals surface area contributed by atoms with Crippen LogP contribution in [0.25, 0.3) is 6.08 Å². The number of hydrogen-bond donors (Lipinski definition) is 1. The molecular weight excluding hydrogens is 352 g/mol. The normalized spacial score (nSPS) is 16.1. The summed E-state index contributed by atoms with van der Waals surface area (Å²) in [6, 6.07) is 5.23. The minimum Gasteiger partial charge on any atom is -0.493 e. The molecule has 0 saturated carbocycles. The number of thiocarbonyl (C=S) groups is 1. The van der Waals surface area contributed by atoms with Crippen LogP contribution in [-0.2, 0) is 9.59 Å². The molecule has 1 aliphatic rings. The lowest BCUT2D eigenvalue weighted by Crippen LogP contribution is -2.53. The van der Waals surface area contributed by atoms with E-state index in [0.717, 1.165) is 0 Å². The molecule has 26 heavy (non-hydrogen) atoms. The average molecular weight is 374 g/mol. The number of methoxy groups -OCH3 is 1. The molecular formula is C19H22N2O4S. The van der Waals surface area contributed by atoms with E-state index in [0.29, 0.717) is 29.6 Å². The smallest absolute Gasteiger partial charge is 0.265 e. The van der Waals surface area contributed by atoms with Gasteiger partial charge in [0.2, 0.25) is 0 Å². The Morgan fingerprint density at radius 1 is 1.31 bits per heavy atom. The second kappa shape index (κ2) is 8.62.